The lowest BCUT2D eigenvalue weighted by molar-refractivity contribution is -0.146. The molecule has 27 heavy (non-hydrogen) atoms. The maximum absolute atomic E-state index is 12.3. The minimum absolute atomic E-state index is 0.183. The van der Waals surface area contributed by atoms with Crippen LogP contribution in [0.15, 0.2) is 43.0 Å². The Bertz CT molecular complexity index is 654. The fraction of sp³-hybridized carbons (Fsp3) is 0.421. The molecule has 148 valence electrons. The van der Waals surface area contributed by atoms with Gasteiger partial charge in [0, 0.05) is 6.54 Å². The topological polar surface area (TPSA) is 103 Å². The summed E-state index contributed by atoms with van der Waals surface area (Å²) in [7, 11) is 1.17. The van der Waals surface area contributed by atoms with Gasteiger partial charge in [-0.05, 0) is 26.3 Å². The average Bonchev–Trinajstić information content (AvgIpc) is 2.61. The molecular weight excluding hydrogens is 352 g/mol. The SMILES string of the molecule is C=CCNC(=O)O[C@H](c1ccccc1)[C@H](NC(=O)OC(C)(C)C)C(=O)OC. The second-order valence-corrected chi connectivity index (χ2v) is 6.55. The summed E-state index contributed by atoms with van der Waals surface area (Å²) in [6.07, 6.45) is -1.26. The molecule has 0 bridgehead atoms. The molecule has 8 heteroatoms. The van der Waals surface area contributed by atoms with Crippen molar-refractivity contribution in [3.63, 3.8) is 0 Å². The zero-order valence-electron chi connectivity index (χ0n) is 16.0. The van der Waals surface area contributed by atoms with Gasteiger partial charge in [-0.25, -0.2) is 14.4 Å². The van der Waals surface area contributed by atoms with Crippen LogP contribution >= 0.6 is 0 Å². The minimum atomic E-state index is -1.30. The first-order valence-electron chi connectivity index (χ1n) is 8.35. The zero-order valence-corrected chi connectivity index (χ0v) is 16.0. The van der Waals surface area contributed by atoms with E-state index in [0.29, 0.717) is 5.56 Å². The maximum Gasteiger partial charge on any atom is 0.408 e. The van der Waals surface area contributed by atoms with Crippen LogP contribution in [0, 0.1) is 0 Å². The van der Waals surface area contributed by atoms with Crippen LogP contribution in [0.1, 0.15) is 32.4 Å². The predicted molar refractivity (Wildman–Crippen MR) is 99.0 cm³/mol. The zero-order chi connectivity index (χ0) is 20.4. The molecule has 1 rings (SSSR count). The standard InChI is InChI=1S/C19H26N2O6/c1-6-12-20-17(23)26-15(13-10-8-7-9-11-13)14(16(22)25-5)21-18(24)27-19(2,3)4/h6-11,14-15H,1,12H2,2-5H3,(H,20,23)(H,21,24)/t14-,15+/m0/s1. The van der Waals surface area contributed by atoms with Crippen LogP contribution in [-0.2, 0) is 19.0 Å². The number of carbonyl (C=O) groups excluding carboxylic acids is 3. The van der Waals surface area contributed by atoms with Crippen LogP contribution in [-0.4, -0.2) is 43.5 Å². The number of nitrogens with one attached hydrogen (secondary N) is 2. The van der Waals surface area contributed by atoms with Crippen molar-refractivity contribution in [3.8, 4) is 0 Å². The number of methoxy groups -OCH3 is 1. The van der Waals surface area contributed by atoms with Gasteiger partial charge in [-0.1, -0.05) is 36.4 Å². The lowest BCUT2D eigenvalue weighted by Gasteiger charge is -2.28. The lowest BCUT2D eigenvalue weighted by atomic mass is 10.0. The molecule has 0 saturated heterocycles. The number of esters is 1. The van der Waals surface area contributed by atoms with Gasteiger partial charge in [0.2, 0.25) is 0 Å². The number of benzene rings is 1. The van der Waals surface area contributed by atoms with Gasteiger partial charge in [0.15, 0.2) is 12.1 Å². The molecule has 0 saturated carbocycles. The van der Waals surface area contributed by atoms with Gasteiger partial charge in [0.05, 0.1) is 7.11 Å². The molecule has 2 atom stereocenters. The predicted octanol–water partition coefficient (Wildman–Crippen LogP) is 2.71. The first-order valence-corrected chi connectivity index (χ1v) is 8.35. The molecule has 0 aliphatic rings. The molecule has 0 aliphatic heterocycles. The summed E-state index contributed by atoms with van der Waals surface area (Å²) < 4.78 is 15.3. The highest BCUT2D eigenvalue weighted by atomic mass is 16.6. The number of amides is 2. The second kappa shape index (κ2) is 10.2. The summed E-state index contributed by atoms with van der Waals surface area (Å²) in [4.78, 5) is 36.5. The van der Waals surface area contributed by atoms with Crippen molar-refractivity contribution in [2.45, 2.75) is 38.5 Å². The smallest absolute Gasteiger partial charge is 0.408 e. The molecule has 1 aromatic rings. The molecule has 0 aromatic heterocycles. The van der Waals surface area contributed by atoms with Gasteiger partial charge in [-0.2, -0.15) is 0 Å². The monoisotopic (exact) mass is 378 g/mol. The highest BCUT2D eigenvalue weighted by Crippen LogP contribution is 2.23. The Kier molecular flexibility index (Phi) is 8.32. The van der Waals surface area contributed by atoms with Crippen LogP contribution in [0.4, 0.5) is 9.59 Å². The molecule has 0 fully saturated rings. The quantitative estimate of drug-likeness (QED) is 0.430. The van der Waals surface area contributed by atoms with Crippen LogP contribution in [0.2, 0.25) is 0 Å². The van der Waals surface area contributed by atoms with Crippen molar-refractivity contribution >= 4 is 18.2 Å². The van der Waals surface area contributed by atoms with Gasteiger partial charge in [0.1, 0.15) is 5.60 Å². The molecule has 0 radical (unpaired) electrons. The first-order chi connectivity index (χ1) is 12.7. The minimum Gasteiger partial charge on any atom is -0.467 e. The Morgan fingerprint density at radius 1 is 1.15 bits per heavy atom. The van der Waals surface area contributed by atoms with E-state index >= 15 is 0 Å². The van der Waals surface area contributed by atoms with Crippen LogP contribution in [0.25, 0.3) is 0 Å². The Morgan fingerprint density at radius 2 is 1.78 bits per heavy atom. The van der Waals surface area contributed by atoms with E-state index in [1.165, 1.54) is 13.2 Å². The van der Waals surface area contributed by atoms with Gasteiger partial charge in [-0.3, -0.25) is 0 Å². The van der Waals surface area contributed by atoms with Gasteiger partial charge < -0.3 is 24.8 Å². The fourth-order valence-corrected chi connectivity index (χ4v) is 2.10. The van der Waals surface area contributed by atoms with E-state index in [1.807, 2.05) is 0 Å². The molecule has 2 N–H and O–H groups in total. The number of alkyl carbamates (subject to hydrolysis) is 2. The van der Waals surface area contributed by atoms with Gasteiger partial charge >= 0.3 is 18.2 Å². The Labute approximate surface area is 158 Å². The molecule has 8 nitrogen and oxygen atoms in total. The number of ether oxygens (including phenoxy) is 3. The summed E-state index contributed by atoms with van der Waals surface area (Å²) in [6, 6.07) is 7.23. The van der Waals surface area contributed by atoms with Crippen molar-refractivity contribution in [3.05, 3.63) is 48.6 Å². The third-order valence-electron chi connectivity index (χ3n) is 3.18. The summed E-state index contributed by atoms with van der Waals surface area (Å²) in [5, 5.41) is 4.88. The van der Waals surface area contributed by atoms with E-state index in [0.717, 1.165) is 0 Å². The molecule has 0 aliphatic carbocycles. The number of hydrogen-bond acceptors (Lipinski definition) is 6. The Hall–Kier alpha value is -3.03. The van der Waals surface area contributed by atoms with E-state index in [-0.39, 0.29) is 6.54 Å². The summed E-state index contributed by atoms with van der Waals surface area (Å²) in [6.45, 7) is 8.75. The molecule has 0 heterocycles. The highest BCUT2D eigenvalue weighted by Gasteiger charge is 2.36. The fourth-order valence-electron chi connectivity index (χ4n) is 2.10. The molecule has 2 amide bonds. The maximum atomic E-state index is 12.3. The molecule has 1 aromatic carbocycles. The van der Waals surface area contributed by atoms with Crippen molar-refractivity contribution in [2.24, 2.45) is 0 Å². The third-order valence-corrected chi connectivity index (χ3v) is 3.18. The van der Waals surface area contributed by atoms with Crippen LogP contribution in [0.5, 0.6) is 0 Å². The summed E-state index contributed by atoms with van der Waals surface area (Å²) >= 11 is 0. The van der Waals surface area contributed by atoms with Crippen molar-refractivity contribution in [1.29, 1.82) is 0 Å². The van der Waals surface area contributed by atoms with E-state index in [2.05, 4.69) is 17.2 Å². The first kappa shape index (κ1) is 22.0. The van der Waals surface area contributed by atoms with E-state index < -0.39 is 35.9 Å². The Balaban J connectivity index is 3.13. The Morgan fingerprint density at radius 3 is 2.30 bits per heavy atom. The second-order valence-electron chi connectivity index (χ2n) is 6.55. The lowest BCUT2D eigenvalue weighted by Crippen LogP contribution is -2.49. The van der Waals surface area contributed by atoms with Gasteiger partial charge in [0.25, 0.3) is 0 Å². The van der Waals surface area contributed by atoms with Crippen LogP contribution < -0.4 is 10.6 Å². The normalized spacial score (nSPS) is 12.9. The van der Waals surface area contributed by atoms with Gasteiger partial charge in [-0.15, -0.1) is 6.58 Å². The van der Waals surface area contributed by atoms with Crippen molar-refractivity contribution in [1.82, 2.24) is 10.6 Å². The number of carbonyl (C=O) groups is 3. The van der Waals surface area contributed by atoms with E-state index in [4.69, 9.17) is 14.2 Å². The van der Waals surface area contributed by atoms with E-state index in [9.17, 15) is 14.4 Å². The average molecular weight is 378 g/mol. The van der Waals surface area contributed by atoms with Crippen molar-refractivity contribution in [2.75, 3.05) is 13.7 Å². The number of rotatable bonds is 7. The largest absolute Gasteiger partial charge is 0.467 e. The summed E-state index contributed by atoms with van der Waals surface area (Å²) in [5.41, 5.74) is -0.271. The highest BCUT2D eigenvalue weighted by molar-refractivity contribution is 5.83. The summed E-state index contributed by atoms with van der Waals surface area (Å²) in [5.74, 6) is -0.786. The molecule has 0 spiro atoms. The molecular formula is C19H26N2O6. The molecule has 0 unspecified atom stereocenters. The third kappa shape index (κ3) is 7.81. The number of hydrogen-bond donors (Lipinski definition) is 2. The van der Waals surface area contributed by atoms with Crippen LogP contribution in [0.3, 0.4) is 0 Å². The van der Waals surface area contributed by atoms with E-state index in [1.54, 1.807) is 51.1 Å². The van der Waals surface area contributed by atoms with Crippen molar-refractivity contribution < 1.29 is 28.6 Å².